The first-order chi connectivity index (χ1) is 16.6. The van der Waals surface area contributed by atoms with E-state index in [0.717, 1.165) is 65.1 Å². The van der Waals surface area contributed by atoms with Gasteiger partial charge in [-0.3, -0.25) is 9.69 Å². The molecule has 0 spiro atoms. The van der Waals surface area contributed by atoms with Crippen molar-refractivity contribution in [3.05, 3.63) is 69.8 Å². The molecule has 0 aliphatic carbocycles. The molecule has 0 saturated carbocycles. The van der Waals surface area contributed by atoms with E-state index < -0.39 is 0 Å². The van der Waals surface area contributed by atoms with Gasteiger partial charge in [0.2, 0.25) is 0 Å². The Labute approximate surface area is 208 Å². The lowest BCUT2D eigenvalue weighted by molar-refractivity contribution is 0.0880. The number of nitrogens with zero attached hydrogens (tertiary/aromatic N) is 3. The molecule has 3 aliphatic rings. The van der Waals surface area contributed by atoms with Gasteiger partial charge in [0.1, 0.15) is 5.75 Å². The van der Waals surface area contributed by atoms with E-state index in [2.05, 4.69) is 31.0 Å². The molecule has 3 aliphatic heterocycles. The molecule has 6 nitrogen and oxygen atoms in total. The Bertz CT molecular complexity index is 1220. The monoisotopic (exact) mass is 520 g/mol. The minimum Gasteiger partial charge on any atom is -0.497 e. The first-order valence-electron chi connectivity index (χ1n) is 11.8. The molecule has 3 fully saturated rings. The second-order valence-corrected chi connectivity index (χ2v) is 9.84. The molecule has 1 amide bonds. The lowest BCUT2D eigenvalue weighted by atomic mass is 10.1. The summed E-state index contributed by atoms with van der Waals surface area (Å²) in [6.07, 6.45) is 5.13. The molecule has 3 saturated heterocycles. The number of rotatable bonds is 6. The van der Waals surface area contributed by atoms with E-state index in [0.29, 0.717) is 18.2 Å². The molecular weight excluding hydrogens is 492 g/mol. The summed E-state index contributed by atoms with van der Waals surface area (Å²) in [4.78, 5) is 23.2. The molecule has 1 N–H and O–H groups in total. The Morgan fingerprint density at radius 1 is 1.15 bits per heavy atom. The molecule has 6 rings (SSSR count). The average Bonchev–Trinajstić information content (AvgIpc) is 3.21. The van der Waals surface area contributed by atoms with E-state index in [1.807, 2.05) is 60.7 Å². The number of carbonyl (C=O) groups is 1. The molecule has 1 aromatic heterocycles. The molecule has 4 heterocycles. The van der Waals surface area contributed by atoms with Crippen LogP contribution < -0.4 is 10.1 Å². The van der Waals surface area contributed by atoms with E-state index in [4.69, 9.17) is 9.72 Å². The van der Waals surface area contributed by atoms with Crippen LogP contribution in [0.2, 0.25) is 0 Å². The summed E-state index contributed by atoms with van der Waals surface area (Å²) >= 11 is 3.54. The third-order valence-corrected chi connectivity index (χ3v) is 7.18. The summed E-state index contributed by atoms with van der Waals surface area (Å²) in [5.74, 6) is 0.746. The second-order valence-electron chi connectivity index (χ2n) is 8.92. The van der Waals surface area contributed by atoms with Gasteiger partial charge in [-0.2, -0.15) is 0 Å². The molecule has 7 heteroatoms. The highest BCUT2D eigenvalue weighted by Crippen LogP contribution is 2.24. The minimum atomic E-state index is -0.0575. The number of amides is 1. The standard InChI is InChI=1S/C27H29BrN4O2/c1-34-23-5-2-4-19(14-23)6-8-21-16-25(24-15-20(28)7-9-26(24)30-21)27(33)29-17-22-18-31-10-3-11-32(22)13-12-31/h2,4-9,14-16,22H,3,10-13,17-18H2,1H3,(H,29,33)/b8-6+. The Balaban J connectivity index is 1.40. The van der Waals surface area contributed by atoms with Gasteiger partial charge in [0.25, 0.3) is 5.91 Å². The lowest BCUT2D eigenvalue weighted by Gasteiger charge is -2.37. The fourth-order valence-electron chi connectivity index (χ4n) is 4.87. The SMILES string of the molecule is COc1cccc(/C=C/c2cc(C(=O)NCC3CN4CCCN3CC4)c3cc(Br)ccc3n2)c1. The van der Waals surface area contributed by atoms with Gasteiger partial charge in [-0.05, 0) is 67.5 Å². The van der Waals surface area contributed by atoms with Crippen LogP contribution >= 0.6 is 15.9 Å². The van der Waals surface area contributed by atoms with Crippen LogP contribution in [0.15, 0.2) is 53.0 Å². The zero-order valence-corrected chi connectivity index (χ0v) is 20.9. The molecule has 3 unspecified atom stereocenters. The Kier molecular flexibility index (Phi) is 6.94. The van der Waals surface area contributed by atoms with Gasteiger partial charge >= 0.3 is 0 Å². The average molecular weight is 521 g/mol. The maximum Gasteiger partial charge on any atom is 0.252 e. The van der Waals surface area contributed by atoms with E-state index in [1.54, 1.807) is 7.11 Å². The van der Waals surface area contributed by atoms with Gasteiger partial charge in [-0.15, -0.1) is 0 Å². The van der Waals surface area contributed by atoms with Crippen molar-refractivity contribution in [3.63, 3.8) is 0 Å². The predicted molar refractivity (Wildman–Crippen MR) is 140 cm³/mol. The molecule has 3 aromatic rings. The predicted octanol–water partition coefficient (Wildman–Crippen LogP) is 4.30. The van der Waals surface area contributed by atoms with Crippen LogP contribution in [0, 0.1) is 0 Å². The van der Waals surface area contributed by atoms with Crippen LogP contribution in [0.5, 0.6) is 5.75 Å². The van der Waals surface area contributed by atoms with Crippen molar-refractivity contribution in [1.29, 1.82) is 0 Å². The zero-order chi connectivity index (χ0) is 23.5. The van der Waals surface area contributed by atoms with Crippen molar-refractivity contribution >= 4 is 44.9 Å². The highest BCUT2D eigenvalue weighted by Gasteiger charge is 2.30. The van der Waals surface area contributed by atoms with Crippen molar-refractivity contribution in [1.82, 2.24) is 20.1 Å². The maximum absolute atomic E-state index is 13.4. The first kappa shape index (κ1) is 23.0. The maximum atomic E-state index is 13.4. The number of pyridine rings is 1. The first-order valence-corrected chi connectivity index (χ1v) is 12.6. The molecule has 0 radical (unpaired) electrons. The Morgan fingerprint density at radius 2 is 2.06 bits per heavy atom. The molecule has 3 atom stereocenters. The number of hydrogen-bond donors (Lipinski definition) is 1. The minimum absolute atomic E-state index is 0.0575. The van der Waals surface area contributed by atoms with Crippen molar-refractivity contribution in [3.8, 4) is 5.75 Å². The van der Waals surface area contributed by atoms with Crippen LogP contribution in [-0.4, -0.2) is 73.1 Å². The van der Waals surface area contributed by atoms with Crippen LogP contribution in [0.25, 0.3) is 23.1 Å². The van der Waals surface area contributed by atoms with Crippen LogP contribution in [-0.2, 0) is 0 Å². The normalized spacial score (nSPS) is 22.1. The number of ether oxygens (including phenoxy) is 1. The summed E-state index contributed by atoms with van der Waals surface area (Å²) in [5.41, 5.74) is 3.19. The third kappa shape index (κ3) is 5.17. The fourth-order valence-corrected chi connectivity index (χ4v) is 5.23. The summed E-state index contributed by atoms with van der Waals surface area (Å²) in [6.45, 7) is 6.18. The largest absolute Gasteiger partial charge is 0.497 e. The van der Waals surface area contributed by atoms with E-state index in [-0.39, 0.29) is 5.91 Å². The number of halogens is 1. The van der Waals surface area contributed by atoms with Gasteiger partial charge in [-0.25, -0.2) is 4.98 Å². The van der Waals surface area contributed by atoms with Crippen molar-refractivity contribution in [2.45, 2.75) is 12.5 Å². The summed E-state index contributed by atoms with van der Waals surface area (Å²) in [5, 5.41) is 4.06. The molecule has 2 aromatic carbocycles. The zero-order valence-electron chi connectivity index (χ0n) is 19.3. The molecule has 34 heavy (non-hydrogen) atoms. The summed E-state index contributed by atoms with van der Waals surface area (Å²) in [6, 6.07) is 16.0. The molecular formula is C27H29BrN4O2. The van der Waals surface area contributed by atoms with Crippen LogP contribution in [0.4, 0.5) is 0 Å². The highest BCUT2D eigenvalue weighted by atomic mass is 79.9. The number of piperazine rings is 1. The summed E-state index contributed by atoms with van der Waals surface area (Å²) in [7, 11) is 1.66. The number of carbonyl (C=O) groups excluding carboxylic acids is 1. The van der Waals surface area contributed by atoms with E-state index >= 15 is 0 Å². The number of nitrogens with one attached hydrogen (secondary N) is 1. The van der Waals surface area contributed by atoms with Crippen LogP contribution in [0.1, 0.15) is 28.0 Å². The molecule has 176 valence electrons. The number of aromatic nitrogens is 1. The number of fused-ring (bicyclic) bond motifs is 5. The quantitative estimate of drug-likeness (QED) is 0.525. The topological polar surface area (TPSA) is 57.7 Å². The number of hydrogen-bond acceptors (Lipinski definition) is 5. The van der Waals surface area contributed by atoms with Gasteiger partial charge in [0.05, 0.1) is 23.9 Å². The van der Waals surface area contributed by atoms with Crippen molar-refractivity contribution in [2.75, 3.05) is 46.4 Å². The smallest absolute Gasteiger partial charge is 0.252 e. The van der Waals surface area contributed by atoms with Gasteiger partial charge in [0.15, 0.2) is 0 Å². The van der Waals surface area contributed by atoms with Crippen LogP contribution in [0.3, 0.4) is 0 Å². The van der Waals surface area contributed by atoms with Crippen molar-refractivity contribution in [2.24, 2.45) is 0 Å². The Morgan fingerprint density at radius 3 is 2.94 bits per heavy atom. The molecule has 2 bridgehead atoms. The Hall–Kier alpha value is -2.74. The van der Waals surface area contributed by atoms with Gasteiger partial charge in [-0.1, -0.05) is 34.1 Å². The number of methoxy groups -OCH3 is 1. The third-order valence-electron chi connectivity index (χ3n) is 6.68. The van der Waals surface area contributed by atoms with Gasteiger partial charge in [0, 0.05) is 42.1 Å². The second kappa shape index (κ2) is 10.3. The summed E-state index contributed by atoms with van der Waals surface area (Å²) < 4.78 is 6.24. The van der Waals surface area contributed by atoms with Gasteiger partial charge < -0.3 is 15.0 Å². The highest BCUT2D eigenvalue weighted by molar-refractivity contribution is 9.10. The fraction of sp³-hybridized carbons (Fsp3) is 0.333. The number of benzene rings is 2. The van der Waals surface area contributed by atoms with E-state index in [1.165, 1.54) is 6.42 Å². The van der Waals surface area contributed by atoms with E-state index in [9.17, 15) is 4.79 Å². The van der Waals surface area contributed by atoms with Crippen molar-refractivity contribution < 1.29 is 9.53 Å². The lowest BCUT2D eigenvalue weighted by Crippen LogP contribution is -2.54.